The van der Waals surface area contributed by atoms with E-state index in [1.807, 2.05) is 50.2 Å². The summed E-state index contributed by atoms with van der Waals surface area (Å²) in [5, 5.41) is 0. The van der Waals surface area contributed by atoms with Gasteiger partial charge in [-0.25, -0.2) is 0 Å². The van der Waals surface area contributed by atoms with Gasteiger partial charge in [-0.1, -0.05) is 30.3 Å². The van der Waals surface area contributed by atoms with E-state index in [0.717, 1.165) is 29.0 Å². The topological polar surface area (TPSA) is 44.5 Å². The van der Waals surface area contributed by atoms with Gasteiger partial charge in [-0.05, 0) is 37.6 Å². The molecular formula is C18H21NO2. The maximum atomic E-state index is 6.27. The Balaban J connectivity index is 1.79. The molecule has 0 bridgehead atoms. The molecule has 0 aromatic heterocycles. The monoisotopic (exact) mass is 283 g/mol. The average molecular weight is 283 g/mol. The van der Waals surface area contributed by atoms with E-state index in [9.17, 15) is 0 Å². The molecule has 2 N–H and O–H groups in total. The number of rotatable bonds is 3. The molecule has 1 unspecified atom stereocenters. The van der Waals surface area contributed by atoms with Gasteiger partial charge in [-0.2, -0.15) is 0 Å². The molecular weight excluding hydrogens is 262 g/mol. The normalized spacial score (nSPS) is 20.8. The highest BCUT2D eigenvalue weighted by atomic mass is 16.5. The largest absolute Gasteiger partial charge is 0.491 e. The van der Waals surface area contributed by atoms with Crippen molar-refractivity contribution in [2.75, 3.05) is 0 Å². The van der Waals surface area contributed by atoms with Gasteiger partial charge in [0.2, 0.25) is 0 Å². The van der Waals surface area contributed by atoms with Gasteiger partial charge in [0.25, 0.3) is 0 Å². The zero-order valence-corrected chi connectivity index (χ0v) is 12.5. The Labute approximate surface area is 125 Å². The quantitative estimate of drug-likeness (QED) is 0.926. The number of nitrogens with two attached hydrogens (primary N) is 1. The van der Waals surface area contributed by atoms with Crippen LogP contribution in [0.5, 0.6) is 11.5 Å². The Kier molecular flexibility index (Phi) is 3.84. The SMILES string of the molecule is CC(C)Oc1ccc(C2C[C@H](N)c3ccccc3O2)cc1. The van der Waals surface area contributed by atoms with Gasteiger partial charge >= 0.3 is 0 Å². The Hall–Kier alpha value is -2.00. The fourth-order valence-corrected chi connectivity index (χ4v) is 2.69. The number of hydrogen-bond acceptors (Lipinski definition) is 3. The number of benzene rings is 2. The molecule has 0 saturated heterocycles. The molecule has 1 aliphatic rings. The molecule has 2 atom stereocenters. The third-order valence-corrected chi connectivity index (χ3v) is 3.68. The third kappa shape index (κ3) is 3.03. The van der Waals surface area contributed by atoms with Crippen molar-refractivity contribution in [3.63, 3.8) is 0 Å². The van der Waals surface area contributed by atoms with Crippen molar-refractivity contribution >= 4 is 0 Å². The van der Waals surface area contributed by atoms with Crippen molar-refractivity contribution in [3.05, 3.63) is 59.7 Å². The first-order valence-electron chi connectivity index (χ1n) is 7.41. The van der Waals surface area contributed by atoms with Gasteiger partial charge in [-0.3, -0.25) is 0 Å². The van der Waals surface area contributed by atoms with Crippen LogP contribution in [0.25, 0.3) is 0 Å². The predicted octanol–water partition coefficient (Wildman–Crippen LogP) is 4.00. The lowest BCUT2D eigenvalue weighted by Crippen LogP contribution is -2.24. The first-order chi connectivity index (χ1) is 10.1. The molecule has 0 amide bonds. The molecule has 110 valence electrons. The molecule has 0 spiro atoms. The fraction of sp³-hybridized carbons (Fsp3) is 0.333. The summed E-state index contributed by atoms with van der Waals surface area (Å²) in [6.45, 7) is 4.04. The predicted molar refractivity (Wildman–Crippen MR) is 83.6 cm³/mol. The van der Waals surface area contributed by atoms with Crippen LogP contribution in [-0.4, -0.2) is 6.10 Å². The lowest BCUT2D eigenvalue weighted by molar-refractivity contribution is 0.161. The number of hydrogen-bond donors (Lipinski definition) is 1. The van der Waals surface area contributed by atoms with E-state index in [0.29, 0.717) is 0 Å². The molecule has 0 aliphatic carbocycles. The molecule has 0 fully saturated rings. The Morgan fingerprint density at radius 3 is 2.52 bits per heavy atom. The Bertz CT molecular complexity index is 607. The lowest BCUT2D eigenvalue weighted by Gasteiger charge is -2.30. The Morgan fingerprint density at radius 2 is 1.81 bits per heavy atom. The molecule has 2 aromatic carbocycles. The minimum Gasteiger partial charge on any atom is -0.491 e. The molecule has 21 heavy (non-hydrogen) atoms. The summed E-state index contributed by atoms with van der Waals surface area (Å²) in [6.07, 6.45) is 0.978. The number of para-hydroxylation sites is 1. The third-order valence-electron chi connectivity index (χ3n) is 3.68. The molecule has 3 rings (SSSR count). The molecule has 3 heteroatoms. The molecule has 3 nitrogen and oxygen atoms in total. The minimum atomic E-state index is 0.00278. The highest BCUT2D eigenvalue weighted by Gasteiger charge is 2.26. The second kappa shape index (κ2) is 5.78. The standard InChI is InChI=1S/C18H21NO2/c1-12(2)20-14-9-7-13(8-10-14)18-11-16(19)15-5-3-4-6-17(15)21-18/h3-10,12,16,18H,11,19H2,1-2H3/t16-,18?/m0/s1. The number of ether oxygens (including phenoxy) is 2. The molecule has 1 aliphatic heterocycles. The van der Waals surface area contributed by atoms with E-state index in [2.05, 4.69) is 12.1 Å². The van der Waals surface area contributed by atoms with E-state index in [1.54, 1.807) is 0 Å². The smallest absolute Gasteiger partial charge is 0.126 e. The van der Waals surface area contributed by atoms with Crippen molar-refractivity contribution < 1.29 is 9.47 Å². The van der Waals surface area contributed by atoms with Crippen molar-refractivity contribution in [2.45, 2.75) is 38.5 Å². The van der Waals surface area contributed by atoms with Crippen LogP contribution in [0.15, 0.2) is 48.5 Å². The number of fused-ring (bicyclic) bond motifs is 1. The van der Waals surface area contributed by atoms with E-state index >= 15 is 0 Å². The van der Waals surface area contributed by atoms with E-state index < -0.39 is 0 Å². The lowest BCUT2D eigenvalue weighted by atomic mass is 9.93. The summed E-state index contributed by atoms with van der Waals surface area (Å²) < 4.78 is 11.8. The van der Waals surface area contributed by atoms with Crippen molar-refractivity contribution in [2.24, 2.45) is 5.73 Å². The maximum absolute atomic E-state index is 6.27. The molecule has 0 radical (unpaired) electrons. The van der Waals surface area contributed by atoms with Crippen molar-refractivity contribution in [1.82, 2.24) is 0 Å². The van der Waals surface area contributed by atoms with E-state index in [4.69, 9.17) is 15.2 Å². The first kappa shape index (κ1) is 14.0. The van der Waals surface area contributed by atoms with Crippen LogP contribution < -0.4 is 15.2 Å². The van der Waals surface area contributed by atoms with Gasteiger partial charge in [0.05, 0.1) is 6.10 Å². The zero-order chi connectivity index (χ0) is 14.8. The van der Waals surface area contributed by atoms with Crippen LogP contribution in [0.1, 0.15) is 43.5 Å². The van der Waals surface area contributed by atoms with Gasteiger partial charge in [0.15, 0.2) is 0 Å². The Morgan fingerprint density at radius 1 is 1.10 bits per heavy atom. The van der Waals surface area contributed by atoms with Crippen molar-refractivity contribution in [3.8, 4) is 11.5 Å². The highest BCUT2D eigenvalue weighted by Crippen LogP contribution is 2.39. The summed E-state index contributed by atoms with van der Waals surface area (Å²) >= 11 is 0. The summed E-state index contributed by atoms with van der Waals surface area (Å²) in [7, 11) is 0. The van der Waals surface area contributed by atoms with Crippen LogP contribution in [-0.2, 0) is 0 Å². The summed E-state index contributed by atoms with van der Waals surface area (Å²) in [4.78, 5) is 0. The van der Waals surface area contributed by atoms with E-state index in [1.165, 1.54) is 0 Å². The van der Waals surface area contributed by atoms with Gasteiger partial charge in [0, 0.05) is 18.0 Å². The summed E-state index contributed by atoms with van der Waals surface area (Å²) in [5.41, 5.74) is 8.49. The second-order valence-corrected chi connectivity index (χ2v) is 5.72. The zero-order valence-electron chi connectivity index (χ0n) is 12.5. The van der Waals surface area contributed by atoms with Crippen LogP contribution >= 0.6 is 0 Å². The maximum Gasteiger partial charge on any atom is 0.126 e. The average Bonchev–Trinajstić information content (AvgIpc) is 2.47. The summed E-state index contributed by atoms with van der Waals surface area (Å²) in [5.74, 6) is 1.78. The molecule has 0 saturated carbocycles. The summed E-state index contributed by atoms with van der Waals surface area (Å²) in [6, 6.07) is 16.1. The van der Waals surface area contributed by atoms with Gasteiger partial charge < -0.3 is 15.2 Å². The fourth-order valence-electron chi connectivity index (χ4n) is 2.69. The van der Waals surface area contributed by atoms with E-state index in [-0.39, 0.29) is 18.2 Å². The molecule has 1 heterocycles. The highest BCUT2D eigenvalue weighted by molar-refractivity contribution is 5.39. The first-order valence-corrected chi connectivity index (χ1v) is 7.41. The second-order valence-electron chi connectivity index (χ2n) is 5.72. The van der Waals surface area contributed by atoms with Gasteiger partial charge in [0.1, 0.15) is 17.6 Å². The van der Waals surface area contributed by atoms with Gasteiger partial charge in [-0.15, -0.1) is 0 Å². The van der Waals surface area contributed by atoms with Crippen LogP contribution in [0.2, 0.25) is 0 Å². The van der Waals surface area contributed by atoms with Crippen LogP contribution in [0.4, 0.5) is 0 Å². The van der Waals surface area contributed by atoms with Crippen LogP contribution in [0, 0.1) is 0 Å². The molecule has 2 aromatic rings. The minimum absolute atomic E-state index is 0.00278. The van der Waals surface area contributed by atoms with Crippen LogP contribution in [0.3, 0.4) is 0 Å². The van der Waals surface area contributed by atoms with Crippen molar-refractivity contribution in [1.29, 1.82) is 0 Å².